The summed E-state index contributed by atoms with van der Waals surface area (Å²) in [5.74, 6) is 1.83. The largest absolute Gasteiger partial charge is 0.351 e. The van der Waals surface area contributed by atoms with Gasteiger partial charge >= 0.3 is 0 Å². The van der Waals surface area contributed by atoms with Gasteiger partial charge in [0.2, 0.25) is 11.9 Å². The maximum absolute atomic E-state index is 12.6. The summed E-state index contributed by atoms with van der Waals surface area (Å²) in [7, 11) is 0. The summed E-state index contributed by atoms with van der Waals surface area (Å²) in [5.41, 5.74) is 1.13. The summed E-state index contributed by atoms with van der Waals surface area (Å²) in [5, 5.41) is 3.51. The minimum Gasteiger partial charge on any atom is -0.351 e. The smallest absolute Gasteiger partial charge is 0.228 e. The highest BCUT2D eigenvalue weighted by molar-refractivity contribution is 5.96. The minimum atomic E-state index is 0.247. The SMILES string of the molecule is O=C1CCc2cnc(NC3CCCCC3)nc2N1C1CCCCC1. The Hall–Kier alpha value is -1.65. The lowest BCUT2D eigenvalue weighted by Crippen LogP contribution is -2.45. The van der Waals surface area contributed by atoms with Crippen LogP contribution in [0.15, 0.2) is 6.20 Å². The van der Waals surface area contributed by atoms with Gasteiger partial charge in [0, 0.05) is 30.3 Å². The molecule has 0 spiro atoms. The molecule has 2 saturated carbocycles. The van der Waals surface area contributed by atoms with E-state index in [9.17, 15) is 4.79 Å². The van der Waals surface area contributed by atoms with Crippen molar-refractivity contribution in [2.75, 3.05) is 10.2 Å². The molecule has 5 heteroatoms. The molecule has 2 heterocycles. The van der Waals surface area contributed by atoms with Crippen molar-refractivity contribution in [1.82, 2.24) is 9.97 Å². The first-order chi connectivity index (χ1) is 11.8. The maximum atomic E-state index is 12.6. The molecule has 24 heavy (non-hydrogen) atoms. The normalized spacial score (nSPS) is 23.2. The van der Waals surface area contributed by atoms with Crippen molar-refractivity contribution in [3.8, 4) is 0 Å². The van der Waals surface area contributed by atoms with Crippen LogP contribution in [0.25, 0.3) is 0 Å². The fraction of sp³-hybridized carbons (Fsp3) is 0.737. The fourth-order valence-electron chi connectivity index (χ4n) is 4.48. The Morgan fingerprint density at radius 1 is 0.958 bits per heavy atom. The number of aryl methyl sites for hydroxylation is 1. The predicted molar refractivity (Wildman–Crippen MR) is 95.2 cm³/mol. The first kappa shape index (κ1) is 15.9. The Labute approximate surface area is 144 Å². The number of hydrogen-bond donors (Lipinski definition) is 1. The summed E-state index contributed by atoms with van der Waals surface area (Å²) < 4.78 is 0. The van der Waals surface area contributed by atoms with Crippen molar-refractivity contribution in [2.45, 2.75) is 89.1 Å². The van der Waals surface area contributed by atoms with Crippen molar-refractivity contribution in [3.05, 3.63) is 11.8 Å². The number of hydrogen-bond acceptors (Lipinski definition) is 4. The molecule has 1 amide bonds. The number of nitrogens with zero attached hydrogens (tertiary/aromatic N) is 3. The van der Waals surface area contributed by atoms with Crippen LogP contribution in [-0.2, 0) is 11.2 Å². The van der Waals surface area contributed by atoms with E-state index >= 15 is 0 Å². The zero-order chi connectivity index (χ0) is 16.4. The summed E-state index contributed by atoms with van der Waals surface area (Å²) in [6.45, 7) is 0. The molecule has 2 fully saturated rings. The van der Waals surface area contributed by atoms with Crippen LogP contribution in [0.2, 0.25) is 0 Å². The monoisotopic (exact) mass is 328 g/mol. The lowest BCUT2D eigenvalue weighted by atomic mass is 9.92. The van der Waals surface area contributed by atoms with E-state index in [0.717, 1.165) is 30.6 Å². The van der Waals surface area contributed by atoms with Gasteiger partial charge in [0.05, 0.1) is 0 Å². The van der Waals surface area contributed by atoms with Gasteiger partial charge in [0.1, 0.15) is 5.82 Å². The summed E-state index contributed by atoms with van der Waals surface area (Å²) in [6, 6.07) is 0.821. The Bertz CT molecular complexity index is 591. The second-order valence-electron chi connectivity index (χ2n) is 7.58. The third-order valence-corrected chi connectivity index (χ3v) is 5.83. The topological polar surface area (TPSA) is 58.1 Å². The number of carbonyl (C=O) groups is 1. The van der Waals surface area contributed by atoms with E-state index in [-0.39, 0.29) is 5.91 Å². The van der Waals surface area contributed by atoms with Crippen LogP contribution in [0.4, 0.5) is 11.8 Å². The van der Waals surface area contributed by atoms with Gasteiger partial charge in [0.15, 0.2) is 0 Å². The first-order valence-electron chi connectivity index (χ1n) is 9.76. The van der Waals surface area contributed by atoms with E-state index in [2.05, 4.69) is 10.3 Å². The van der Waals surface area contributed by atoms with Crippen LogP contribution in [0.5, 0.6) is 0 Å². The second kappa shape index (κ2) is 7.08. The number of aromatic nitrogens is 2. The summed E-state index contributed by atoms with van der Waals surface area (Å²) in [6.07, 6.45) is 15.6. The van der Waals surface area contributed by atoms with Gasteiger partial charge < -0.3 is 5.32 Å². The van der Waals surface area contributed by atoms with Gasteiger partial charge in [-0.2, -0.15) is 4.98 Å². The molecule has 0 radical (unpaired) electrons. The summed E-state index contributed by atoms with van der Waals surface area (Å²) >= 11 is 0. The van der Waals surface area contributed by atoms with Gasteiger partial charge in [-0.3, -0.25) is 9.69 Å². The van der Waals surface area contributed by atoms with E-state index < -0.39 is 0 Å². The third-order valence-electron chi connectivity index (χ3n) is 5.83. The average molecular weight is 328 g/mol. The van der Waals surface area contributed by atoms with Crippen LogP contribution >= 0.6 is 0 Å². The summed E-state index contributed by atoms with van der Waals surface area (Å²) in [4.78, 5) is 23.9. The van der Waals surface area contributed by atoms with Crippen LogP contribution < -0.4 is 10.2 Å². The maximum Gasteiger partial charge on any atom is 0.228 e. The second-order valence-corrected chi connectivity index (χ2v) is 7.58. The molecule has 0 bridgehead atoms. The number of nitrogens with one attached hydrogen (secondary N) is 1. The van der Waals surface area contributed by atoms with Gasteiger partial charge in [-0.25, -0.2) is 4.98 Å². The molecule has 2 aliphatic carbocycles. The van der Waals surface area contributed by atoms with Crippen LogP contribution in [-0.4, -0.2) is 28.0 Å². The van der Waals surface area contributed by atoms with Gasteiger partial charge in [0.25, 0.3) is 0 Å². The van der Waals surface area contributed by atoms with E-state index in [0.29, 0.717) is 24.5 Å². The molecule has 0 atom stereocenters. The zero-order valence-electron chi connectivity index (χ0n) is 14.5. The van der Waals surface area contributed by atoms with E-state index in [1.165, 1.54) is 51.4 Å². The average Bonchev–Trinajstić information content (AvgIpc) is 2.63. The molecular formula is C19H28N4O. The van der Waals surface area contributed by atoms with E-state index in [4.69, 9.17) is 4.98 Å². The molecule has 0 unspecified atom stereocenters. The molecule has 0 aromatic carbocycles. The minimum absolute atomic E-state index is 0.247. The number of fused-ring (bicyclic) bond motifs is 1. The molecule has 1 N–H and O–H groups in total. The van der Waals surface area contributed by atoms with Crippen molar-refractivity contribution in [3.63, 3.8) is 0 Å². The molecule has 1 aromatic rings. The molecular weight excluding hydrogens is 300 g/mol. The number of carbonyl (C=O) groups excluding carboxylic acids is 1. The van der Waals surface area contributed by atoms with Crippen LogP contribution in [0.3, 0.4) is 0 Å². The standard InChI is InChI=1S/C19H28N4O/c24-17-12-11-14-13-20-19(21-15-7-3-1-4-8-15)22-18(14)23(17)16-9-5-2-6-10-16/h13,15-16H,1-12H2,(H,20,21,22). The predicted octanol–water partition coefficient (Wildman–Crippen LogP) is 3.83. The number of amides is 1. The van der Waals surface area contributed by atoms with E-state index in [1.807, 2.05) is 11.1 Å². The van der Waals surface area contributed by atoms with Crippen LogP contribution in [0.1, 0.15) is 76.2 Å². The lowest BCUT2D eigenvalue weighted by molar-refractivity contribution is -0.119. The Kier molecular flexibility index (Phi) is 4.67. The Balaban J connectivity index is 1.57. The number of rotatable bonds is 3. The van der Waals surface area contributed by atoms with E-state index in [1.54, 1.807) is 0 Å². The highest BCUT2D eigenvalue weighted by Gasteiger charge is 2.33. The molecule has 5 nitrogen and oxygen atoms in total. The van der Waals surface area contributed by atoms with Gasteiger partial charge in [-0.15, -0.1) is 0 Å². The first-order valence-corrected chi connectivity index (χ1v) is 9.76. The molecule has 4 rings (SSSR count). The molecule has 3 aliphatic rings. The lowest BCUT2D eigenvalue weighted by Gasteiger charge is -2.37. The Morgan fingerprint density at radius 3 is 2.42 bits per heavy atom. The molecule has 130 valence electrons. The van der Waals surface area contributed by atoms with Crippen molar-refractivity contribution in [1.29, 1.82) is 0 Å². The highest BCUT2D eigenvalue weighted by Crippen LogP contribution is 2.33. The third kappa shape index (κ3) is 3.26. The molecule has 1 aromatic heterocycles. The highest BCUT2D eigenvalue weighted by atomic mass is 16.2. The van der Waals surface area contributed by atoms with Gasteiger partial charge in [-0.1, -0.05) is 38.5 Å². The number of anilines is 2. The molecule has 0 saturated heterocycles. The Morgan fingerprint density at radius 2 is 1.67 bits per heavy atom. The zero-order valence-corrected chi connectivity index (χ0v) is 14.5. The molecule has 1 aliphatic heterocycles. The van der Waals surface area contributed by atoms with Crippen LogP contribution in [0, 0.1) is 0 Å². The van der Waals surface area contributed by atoms with Crippen molar-refractivity contribution < 1.29 is 4.79 Å². The van der Waals surface area contributed by atoms with Crippen molar-refractivity contribution in [2.24, 2.45) is 0 Å². The van der Waals surface area contributed by atoms with Crippen molar-refractivity contribution >= 4 is 17.7 Å². The fourth-order valence-corrected chi connectivity index (χ4v) is 4.48. The van der Waals surface area contributed by atoms with Gasteiger partial charge in [-0.05, 0) is 32.1 Å². The quantitative estimate of drug-likeness (QED) is 0.916.